The van der Waals surface area contributed by atoms with Crippen LogP contribution in [0.1, 0.15) is 30.0 Å². The molecule has 1 fully saturated rings. The monoisotopic (exact) mass is 354 g/mol. The molecular formula is C20H22N2O2S. The Morgan fingerprint density at radius 3 is 2.72 bits per heavy atom. The van der Waals surface area contributed by atoms with Crippen LogP contribution < -0.4 is 0 Å². The predicted octanol–water partition coefficient (Wildman–Crippen LogP) is 4.04. The third kappa shape index (κ3) is 3.10. The molecule has 2 heterocycles. The van der Waals surface area contributed by atoms with Gasteiger partial charge >= 0.3 is 0 Å². The van der Waals surface area contributed by atoms with Crippen molar-refractivity contribution in [1.29, 1.82) is 0 Å². The largest absolute Gasteiger partial charge is 0.358 e. The van der Waals surface area contributed by atoms with E-state index < -0.39 is 10.0 Å². The van der Waals surface area contributed by atoms with E-state index in [0.717, 1.165) is 29.6 Å². The Morgan fingerprint density at radius 1 is 1.08 bits per heavy atom. The number of sulfonamides is 1. The molecule has 1 atom stereocenters. The number of hydrogen-bond donors (Lipinski definition) is 1. The van der Waals surface area contributed by atoms with Gasteiger partial charge in [-0.3, -0.25) is 0 Å². The highest BCUT2D eigenvalue weighted by atomic mass is 32.2. The van der Waals surface area contributed by atoms with Gasteiger partial charge in [0.15, 0.2) is 0 Å². The lowest BCUT2D eigenvalue weighted by Crippen LogP contribution is -2.39. The third-order valence-corrected chi connectivity index (χ3v) is 6.86. The van der Waals surface area contributed by atoms with Gasteiger partial charge in [0.2, 0.25) is 10.0 Å². The van der Waals surface area contributed by atoms with Crippen LogP contribution in [-0.4, -0.2) is 30.8 Å². The fourth-order valence-electron chi connectivity index (χ4n) is 3.66. The van der Waals surface area contributed by atoms with Crippen LogP contribution in [0.15, 0.2) is 59.5 Å². The molecule has 4 nitrogen and oxygen atoms in total. The predicted molar refractivity (Wildman–Crippen MR) is 100 cm³/mol. The Morgan fingerprint density at radius 2 is 1.92 bits per heavy atom. The normalized spacial score (nSPS) is 19.3. The number of rotatable bonds is 3. The SMILES string of the molecule is Cc1cccc(S(=O)(=O)N2CCCC(c3cc4ccccc4[nH]3)C2)c1. The number of piperidine rings is 1. The Bertz CT molecular complexity index is 974. The summed E-state index contributed by atoms with van der Waals surface area (Å²) in [6.45, 7) is 3.04. The summed E-state index contributed by atoms with van der Waals surface area (Å²) < 4.78 is 27.6. The number of hydrogen-bond acceptors (Lipinski definition) is 2. The Labute approximate surface area is 148 Å². The zero-order valence-corrected chi connectivity index (χ0v) is 15.1. The lowest BCUT2D eigenvalue weighted by atomic mass is 9.96. The fraction of sp³-hybridized carbons (Fsp3) is 0.300. The maximum Gasteiger partial charge on any atom is 0.243 e. The molecule has 1 N–H and O–H groups in total. The van der Waals surface area contributed by atoms with Crippen molar-refractivity contribution in [2.45, 2.75) is 30.6 Å². The van der Waals surface area contributed by atoms with Gasteiger partial charge in [-0.1, -0.05) is 30.3 Å². The van der Waals surface area contributed by atoms with E-state index in [2.05, 4.69) is 23.2 Å². The summed E-state index contributed by atoms with van der Waals surface area (Å²) in [5, 5.41) is 1.18. The zero-order chi connectivity index (χ0) is 17.4. The van der Waals surface area contributed by atoms with Gasteiger partial charge in [-0.05, 0) is 55.0 Å². The number of nitrogens with one attached hydrogen (secondary N) is 1. The topological polar surface area (TPSA) is 53.2 Å². The van der Waals surface area contributed by atoms with Crippen molar-refractivity contribution in [2.75, 3.05) is 13.1 Å². The number of aryl methyl sites for hydroxylation is 1. The molecule has 0 amide bonds. The molecule has 130 valence electrons. The minimum Gasteiger partial charge on any atom is -0.358 e. The second kappa shape index (κ2) is 6.32. The first-order valence-electron chi connectivity index (χ1n) is 8.68. The molecule has 5 heteroatoms. The van der Waals surface area contributed by atoms with Gasteiger partial charge in [-0.2, -0.15) is 4.31 Å². The number of aromatic nitrogens is 1. The minimum absolute atomic E-state index is 0.209. The van der Waals surface area contributed by atoms with Crippen LogP contribution in [0.25, 0.3) is 10.9 Å². The number of para-hydroxylation sites is 1. The van der Waals surface area contributed by atoms with E-state index in [-0.39, 0.29) is 5.92 Å². The Balaban J connectivity index is 1.62. The summed E-state index contributed by atoms with van der Waals surface area (Å²) in [6.07, 6.45) is 1.89. The fourth-order valence-corrected chi connectivity index (χ4v) is 5.28. The summed E-state index contributed by atoms with van der Waals surface area (Å²) in [5.74, 6) is 0.209. The molecule has 4 rings (SSSR count). The Kier molecular flexibility index (Phi) is 4.13. The van der Waals surface area contributed by atoms with Gasteiger partial charge in [-0.25, -0.2) is 8.42 Å². The van der Waals surface area contributed by atoms with Crippen LogP contribution in [0, 0.1) is 6.92 Å². The van der Waals surface area contributed by atoms with Crippen molar-refractivity contribution < 1.29 is 8.42 Å². The first-order chi connectivity index (χ1) is 12.0. The number of nitrogens with zero attached hydrogens (tertiary/aromatic N) is 1. The van der Waals surface area contributed by atoms with Gasteiger partial charge in [-0.15, -0.1) is 0 Å². The van der Waals surface area contributed by atoms with Gasteiger partial charge in [0.25, 0.3) is 0 Å². The molecule has 0 spiro atoms. The highest BCUT2D eigenvalue weighted by Crippen LogP contribution is 2.31. The van der Waals surface area contributed by atoms with Crippen molar-refractivity contribution in [1.82, 2.24) is 9.29 Å². The van der Waals surface area contributed by atoms with Crippen molar-refractivity contribution in [3.8, 4) is 0 Å². The standard InChI is InChI=1S/C20H22N2O2S/c1-15-6-4-9-18(12-15)25(23,24)22-11-5-8-17(14-22)20-13-16-7-2-3-10-19(16)21-20/h2-4,6-7,9-10,12-13,17,21H,5,8,11,14H2,1H3. The zero-order valence-electron chi connectivity index (χ0n) is 14.3. The molecule has 1 saturated heterocycles. The second-order valence-corrected chi connectivity index (χ2v) is 8.77. The lowest BCUT2D eigenvalue weighted by Gasteiger charge is -2.31. The van der Waals surface area contributed by atoms with E-state index >= 15 is 0 Å². The summed E-state index contributed by atoms with van der Waals surface area (Å²) in [6, 6.07) is 17.5. The average molecular weight is 354 g/mol. The van der Waals surface area contributed by atoms with Gasteiger partial charge in [0, 0.05) is 30.2 Å². The summed E-state index contributed by atoms with van der Waals surface area (Å²) >= 11 is 0. The van der Waals surface area contributed by atoms with Gasteiger partial charge in [0.05, 0.1) is 4.90 Å². The van der Waals surface area contributed by atoms with E-state index in [1.807, 2.05) is 25.1 Å². The lowest BCUT2D eigenvalue weighted by molar-refractivity contribution is 0.313. The van der Waals surface area contributed by atoms with Crippen molar-refractivity contribution in [2.24, 2.45) is 0 Å². The molecule has 25 heavy (non-hydrogen) atoms. The first-order valence-corrected chi connectivity index (χ1v) is 10.1. The summed E-state index contributed by atoms with van der Waals surface area (Å²) in [7, 11) is -3.44. The number of benzene rings is 2. The van der Waals surface area contributed by atoms with E-state index in [1.54, 1.807) is 22.5 Å². The molecule has 1 aromatic heterocycles. The highest BCUT2D eigenvalue weighted by Gasteiger charge is 2.31. The molecule has 0 saturated carbocycles. The average Bonchev–Trinajstić information content (AvgIpc) is 3.06. The van der Waals surface area contributed by atoms with Crippen molar-refractivity contribution >= 4 is 20.9 Å². The van der Waals surface area contributed by atoms with E-state index in [0.29, 0.717) is 18.0 Å². The molecule has 1 unspecified atom stereocenters. The number of H-pyrrole nitrogens is 1. The van der Waals surface area contributed by atoms with Crippen LogP contribution >= 0.6 is 0 Å². The first kappa shape index (κ1) is 16.4. The van der Waals surface area contributed by atoms with E-state index in [4.69, 9.17) is 0 Å². The molecule has 0 radical (unpaired) electrons. The molecule has 0 bridgehead atoms. The highest BCUT2D eigenvalue weighted by molar-refractivity contribution is 7.89. The van der Waals surface area contributed by atoms with Crippen LogP contribution in [0.3, 0.4) is 0 Å². The number of aromatic amines is 1. The van der Waals surface area contributed by atoms with Crippen LogP contribution in [0.5, 0.6) is 0 Å². The molecular weight excluding hydrogens is 332 g/mol. The van der Waals surface area contributed by atoms with Crippen LogP contribution in [0.4, 0.5) is 0 Å². The maximum atomic E-state index is 13.0. The van der Waals surface area contributed by atoms with E-state index in [9.17, 15) is 8.42 Å². The molecule has 3 aromatic rings. The minimum atomic E-state index is -3.44. The van der Waals surface area contributed by atoms with Crippen LogP contribution in [-0.2, 0) is 10.0 Å². The number of fused-ring (bicyclic) bond motifs is 1. The smallest absolute Gasteiger partial charge is 0.243 e. The second-order valence-electron chi connectivity index (χ2n) is 6.83. The summed E-state index contributed by atoms with van der Waals surface area (Å²) in [4.78, 5) is 3.86. The maximum absolute atomic E-state index is 13.0. The Hall–Kier alpha value is -2.11. The summed E-state index contributed by atoms with van der Waals surface area (Å²) in [5.41, 5.74) is 3.20. The van der Waals surface area contributed by atoms with Crippen molar-refractivity contribution in [3.05, 3.63) is 65.9 Å². The molecule has 2 aromatic carbocycles. The molecule has 1 aliphatic heterocycles. The van der Waals surface area contributed by atoms with Crippen LogP contribution in [0.2, 0.25) is 0 Å². The third-order valence-electron chi connectivity index (χ3n) is 5.00. The van der Waals surface area contributed by atoms with Gasteiger partial charge < -0.3 is 4.98 Å². The van der Waals surface area contributed by atoms with Gasteiger partial charge in [0.1, 0.15) is 0 Å². The van der Waals surface area contributed by atoms with E-state index in [1.165, 1.54) is 5.39 Å². The molecule has 0 aliphatic carbocycles. The quantitative estimate of drug-likeness (QED) is 0.771. The molecule has 1 aliphatic rings. The van der Waals surface area contributed by atoms with Crippen molar-refractivity contribution in [3.63, 3.8) is 0 Å².